The molecule has 4 nitrogen and oxygen atoms in total. The molecule has 0 radical (unpaired) electrons. The van der Waals surface area contributed by atoms with Crippen LogP contribution in [0.4, 0.5) is 0 Å². The Bertz CT molecular complexity index is 578. The standard InChI is InChI=1S/C14H14BrN3O/c15-12-3-1-2-10(6-12)9-18(13-4-5-13)14(19)11-7-16-17-8-11/h1-3,6-8,13H,4-5,9H2,(H,16,17). The van der Waals surface area contributed by atoms with Crippen molar-refractivity contribution in [3.63, 3.8) is 0 Å². The number of aromatic amines is 1. The van der Waals surface area contributed by atoms with Gasteiger partial charge in [-0.2, -0.15) is 5.10 Å². The molecule has 1 N–H and O–H groups in total. The first-order valence-corrected chi connectivity index (χ1v) is 7.07. The Morgan fingerprint density at radius 2 is 2.32 bits per heavy atom. The molecule has 1 heterocycles. The number of carbonyl (C=O) groups excluding carboxylic acids is 1. The first-order chi connectivity index (χ1) is 9.24. The molecule has 1 aromatic heterocycles. The SMILES string of the molecule is O=C(c1cn[nH]c1)N(Cc1cccc(Br)c1)C1CC1. The lowest BCUT2D eigenvalue weighted by atomic mass is 10.2. The zero-order valence-corrected chi connectivity index (χ0v) is 11.9. The highest BCUT2D eigenvalue weighted by Gasteiger charge is 2.33. The summed E-state index contributed by atoms with van der Waals surface area (Å²) in [4.78, 5) is 14.4. The third-order valence-corrected chi connectivity index (χ3v) is 3.73. The van der Waals surface area contributed by atoms with Crippen LogP contribution in [0.5, 0.6) is 0 Å². The van der Waals surface area contributed by atoms with Gasteiger partial charge in [-0.25, -0.2) is 0 Å². The highest BCUT2D eigenvalue weighted by atomic mass is 79.9. The maximum Gasteiger partial charge on any atom is 0.257 e. The van der Waals surface area contributed by atoms with Crippen molar-refractivity contribution in [2.45, 2.75) is 25.4 Å². The predicted molar refractivity (Wildman–Crippen MR) is 75.6 cm³/mol. The Labute approximate surface area is 119 Å². The summed E-state index contributed by atoms with van der Waals surface area (Å²) in [6.07, 6.45) is 5.42. The van der Waals surface area contributed by atoms with E-state index < -0.39 is 0 Å². The molecule has 1 fully saturated rings. The summed E-state index contributed by atoms with van der Waals surface area (Å²) < 4.78 is 1.04. The molecule has 19 heavy (non-hydrogen) atoms. The van der Waals surface area contributed by atoms with Crippen molar-refractivity contribution in [3.05, 3.63) is 52.3 Å². The number of nitrogens with zero attached hydrogens (tertiary/aromatic N) is 2. The molecule has 0 spiro atoms. The van der Waals surface area contributed by atoms with Gasteiger partial charge in [0.25, 0.3) is 5.91 Å². The van der Waals surface area contributed by atoms with Crippen molar-refractivity contribution >= 4 is 21.8 Å². The van der Waals surface area contributed by atoms with Crippen molar-refractivity contribution < 1.29 is 4.79 Å². The molecule has 1 saturated carbocycles. The maximum absolute atomic E-state index is 12.4. The fraction of sp³-hybridized carbons (Fsp3) is 0.286. The minimum Gasteiger partial charge on any atom is -0.331 e. The number of rotatable bonds is 4. The normalized spacial score (nSPS) is 14.4. The monoisotopic (exact) mass is 319 g/mol. The van der Waals surface area contributed by atoms with Crippen molar-refractivity contribution in [2.24, 2.45) is 0 Å². The molecule has 98 valence electrons. The van der Waals surface area contributed by atoms with Gasteiger partial charge < -0.3 is 4.90 Å². The third-order valence-electron chi connectivity index (χ3n) is 3.24. The van der Waals surface area contributed by atoms with E-state index in [2.05, 4.69) is 32.2 Å². The van der Waals surface area contributed by atoms with Crippen molar-refractivity contribution in [1.82, 2.24) is 15.1 Å². The summed E-state index contributed by atoms with van der Waals surface area (Å²) in [5.41, 5.74) is 1.76. The lowest BCUT2D eigenvalue weighted by Crippen LogP contribution is -2.32. The van der Waals surface area contributed by atoms with E-state index in [1.165, 1.54) is 0 Å². The largest absolute Gasteiger partial charge is 0.331 e. The quantitative estimate of drug-likeness (QED) is 0.941. The van der Waals surface area contributed by atoms with Crippen LogP contribution in [0.3, 0.4) is 0 Å². The van der Waals surface area contributed by atoms with E-state index in [9.17, 15) is 4.79 Å². The molecule has 1 aromatic carbocycles. The van der Waals surface area contributed by atoms with Crippen LogP contribution in [0.2, 0.25) is 0 Å². The highest BCUT2D eigenvalue weighted by Crippen LogP contribution is 2.30. The summed E-state index contributed by atoms with van der Waals surface area (Å²) in [5, 5.41) is 6.54. The first-order valence-electron chi connectivity index (χ1n) is 6.28. The van der Waals surface area contributed by atoms with Crippen molar-refractivity contribution in [1.29, 1.82) is 0 Å². The van der Waals surface area contributed by atoms with Gasteiger partial charge in [0.15, 0.2) is 0 Å². The van der Waals surface area contributed by atoms with Gasteiger partial charge in [-0.1, -0.05) is 28.1 Å². The van der Waals surface area contributed by atoms with Gasteiger partial charge in [0.05, 0.1) is 11.8 Å². The minimum absolute atomic E-state index is 0.0521. The Morgan fingerprint density at radius 3 is 2.95 bits per heavy atom. The van der Waals surface area contributed by atoms with Crippen LogP contribution in [0.1, 0.15) is 28.8 Å². The van der Waals surface area contributed by atoms with Crippen LogP contribution in [0.15, 0.2) is 41.1 Å². The number of aromatic nitrogens is 2. The molecule has 5 heteroatoms. The Balaban J connectivity index is 1.80. The number of hydrogen-bond acceptors (Lipinski definition) is 2. The van der Waals surface area contributed by atoms with Gasteiger partial charge in [0, 0.05) is 23.3 Å². The number of halogens is 1. The van der Waals surface area contributed by atoms with E-state index in [-0.39, 0.29) is 5.91 Å². The fourth-order valence-corrected chi connectivity index (χ4v) is 2.57. The highest BCUT2D eigenvalue weighted by molar-refractivity contribution is 9.10. The van der Waals surface area contributed by atoms with Gasteiger partial charge >= 0.3 is 0 Å². The summed E-state index contributed by atoms with van der Waals surface area (Å²) in [6.45, 7) is 0.647. The van der Waals surface area contributed by atoms with Gasteiger partial charge in [0.2, 0.25) is 0 Å². The summed E-state index contributed by atoms with van der Waals surface area (Å²) in [6, 6.07) is 8.46. The second-order valence-electron chi connectivity index (χ2n) is 4.78. The molecule has 0 bridgehead atoms. The topological polar surface area (TPSA) is 49.0 Å². The van der Waals surface area contributed by atoms with Crippen molar-refractivity contribution in [2.75, 3.05) is 0 Å². The Kier molecular flexibility index (Phi) is 3.38. The summed E-state index contributed by atoms with van der Waals surface area (Å²) >= 11 is 3.46. The lowest BCUT2D eigenvalue weighted by Gasteiger charge is -2.22. The van der Waals surface area contributed by atoms with Crippen LogP contribution in [-0.2, 0) is 6.54 Å². The molecule has 0 aliphatic heterocycles. The molecule has 2 aromatic rings. The molecule has 0 saturated heterocycles. The smallest absolute Gasteiger partial charge is 0.257 e. The number of amides is 1. The third kappa shape index (κ3) is 2.87. The van der Waals surface area contributed by atoms with Crippen LogP contribution in [0, 0.1) is 0 Å². The summed E-state index contributed by atoms with van der Waals surface area (Å²) in [7, 11) is 0. The Morgan fingerprint density at radius 1 is 1.47 bits per heavy atom. The van der Waals surface area contributed by atoms with Gasteiger partial charge in [-0.05, 0) is 30.5 Å². The van der Waals surface area contributed by atoms with Crippen molar-refractivity contribution in [3.8, 4) is 0 Å². The molecule has 3 rings (SSSR count). The van der Waals surface area contributed by atoms with Crippen LogP contribution in [0.25, 0.3) is 0 Å². The number of H-pyrrole nitrogens is 1. The maximum atomic E-state index is 12.4. The van der Waals surface area contributed by atoms with Crippen LogP contribution < -0.4 is 0 Å². The van der Waals surface area contributed by atoms with E-state index >= 15 is 0 Å². The first kappa shape index (κ1) is 12.4. The van der Waals surface area contributed by atoms with E-state index in [1.54, 1.807) is 12.4 Å². The molecule has 1 aliphatic rings. The lowest BCUT2D eigenvalue weighted by molar-refractivity contribution is 0.0730. The number of benzene rings is 1. The predicted octanol–water partition coefficient (Wildman–Crippen LogP) is 2.98. The fourth-order valence-electron chi connectivity index (χ4n) is 2.12. The second-order valence-corrected chi connectivity index (χ2v) is 5.70. The minimum atomic E-state index is 0.0521. The van der Waals surface area contributed by atoms with E-state index in [4.69, 9.17) is 0 Å². The molecule has 0 unspecified atom stereocenters. The van der Waals surface area contributed by atoms with Crippen LogP contribution >= 0.6 is 15.9 Å². The average molecular weight is 320 g/mol. The second kappa shape index (κ2) is 5.17. The Hall–Kier alpha value is -1.62. The molecule has 0 atom stereocenters. The van der Waals surface area contributed by atoms with E-state index in [0.717, 1.165) is 22.9 Å². The molecular weight excluding hydrogens is 306 g/mol. The van der Waals surface area contributed by atoms with Gasteiger partial charge in [0.1, 0.15) is 0 Å². The molecule has 1 amide bonds. The van der Waals surface area contributed by atoms with Crippen LogP contribution in [-0.4, -0.2) is 27.0 Å². The summed E-state index contributed by atoms with van der Waals surface area (Å²) in [5.74, 6) is 0.0521. The van der Waals surface area contributed by atoms with Gasteiger partial charge in [-0.3, -0.25) is 9.89 Å². The van der Waals surface area contributed by atoms with E-state index in [0.29, 0.717) is 18.2 Å². The zero-order valence-electron chi connectivity index (χ0n) is 10.3. The molecular formula is C14H14BrN3O. The average Bonchev–Trinajstić information content (AvgIpc) is 3.09. The van der Waals surface area contributed by atoms with Gasteiger partial charge in [-0.15, -0.1) is 0 Å². The number of carbonyl (C=O) groups is 1. The molecule has 1 aliphatic carbocycles. The number of hydrogen-bond donors (Lipinski definition) is 1. The zero-order chi connectivity index (χ0) is 13.2. The number of nitrogens with one attached hydrogen (secondary N) is 1. The van der Waals surface area contributed by atoms with E-state index in [1.807, 2.05) is 23.1 Å².